The molecule has 0 fully saturated rings. The van der Waals surface area contributed by atoms with Crippen LogP contribution in [0.4, 0.5) is 0 Å². The predicted molar refractivity (Wildman–Crippen MR) is 105 cm³/mol. The maximum Gasteiger partial charge on any atom is 0.257 e. The van der Waals surface area contributed by atoms with Crippen LogP contribution in [0, 0.1) is 0 Å². The van der Waals surface area contributed by atoms with Crippen molar-refractivity contribution in [2.45, 2.75) is 6.42 Å². The van der Waals surface area contributed by atoms with Crippen molar-refractivity contribution in [2.24, 2.45) is 0 Å². The molecule has 3 heteroatoms. The van der Waals surface area contributed by atoms with Crippen LogP contribution in [0.1, 0.15) is 22.3 Å². The third-order valence-electron chi connectivity index (χ3n) is 4.94. The lowest BCUT2D eigenvalue weighted by atomic mass is 9.98. The molecule has 0 aromatic heterocycles. The van der Waals surface area contributed by atoms with E-state index in [1.807, 2.05) is 59.5 Å². The van der Waals surface area contributed by atoms with Gasteiger partial charge in [-0.05, 0) is 40.5 Å². The molecule has 1 heterocycles. The van der Waals surface area contributed by atoms with E-state index in [2.05, 4.69) is 18.2 Å². The summed E-state index contributed by atoms with van der Waals surface area (Å²) in [5.74, 6) is 0.655. The molecule has 1 aliphatic rings. The fourth-order valence-electron chi connectivity index (χ4n) is 3.49. The van der Waals surface area contributed by atoms with Crippen molar-refractivity contribution in [3.8, 4) is 5.75 Å². The van der Waals surface area contributed by atoms with Crippen LogP contribution in [0.15, 0.2) is 72.8 Å². The average molecular weight is 343 g/mol. The second-order valence-corrected chi connectivity index (χ2v) is 6.50. The number of amides is 1. The molecule has 0 N–H and O–H groups in total. The first-order chi connectivity index (χ1) is 12.8. The zero-order chi connectivity index (χ0) is 17.9. The number of hydrogen-bond donors (Lipinski definition) is 0. The number of carbonyl (C=O) groups is 1. The summed E-state index contributed by atoms with van der Waals surface area (Å²) < 4.78 is 5.49. The van der Waals surface area contributed by atoms with Gasteiger partial charge in [-0.3, -0.25) is 4.79 Å². The molecule has 0 unspecified atom stereocenters. The Morgan fingerprint density at radius 1 is 0.962 bits per heavy atom. The summed E-state index contributed by atoms with van der Waals surface area (Å²) in [5.41, 5.74) is 3.17. The first-order valence-corrected chi connectivity index (χ1v) is 8.87. The van der Waals surface area contributed by atoms with Gasteiger partial charge in [0.25, 0.3) is 5.91 Å². The van der Waals surface area contributed by atoms with Gasteiger partial charge in [-0.2, -0.15) is 0 Å². The summed E-state index contributed by atoms with van der Waals surface area (Å²) in [7, 11) is 1.62. The van der Waals surface area contributed by atoms with Crippen LogP contribution in [0.5, 0.6) is 5.75 Å². The predicted octanol–water partition coefficient (Wildman–Crippen LogP) is 4.78. The van der Waals surface area contributed by atoms with Crippen molar-refractivity contribution < 1.29 is 9.53 Å². The number of ether oxygens (including phenoxy) is 1. The lowest BCUT2D eigenvalue weighted by Gasteiger charge is -2.27. The van der Waals surface area contributed by atoms with E-state index in [0.717, 1.165) is 23.7 Å². The quantitative estimate of drug-likeness (QED) is 0.685. The van der Waals surface area contributed by atoms with Crippen molar-refractivity contribution >= 4 is 22.3 Å². The summed E-state index contributed by atoms with van der Waals surface area (Å²) >= 11 is 0. The van der Waals surface area contributed by atoms with Gasteiger partial charge in [0.05, 0.1) is 12.7 Å². The summed E-state index contributed by atoms with van der Waals surface area (Å²) in [6.07, 6.45) is 3.02. The number of methoxy groups -OCH3 is 1. The molecule has 0 radical (unpaired) electrons. The summed E-state index contributed by atoms with van der Waals surface area (Å²) in [6.45, 7) is 1.34. The van der Waals surface area contributed by atoms with E-state index in [0.29, 0.717) is 17.9 Å². The van der Waals surface area contributed by atoms with Crippen LogP contribution < -0.4 is 4.74 Å². The molecular weight excluding hydrogens is 322 g/mol. The average Bonchev–Trinajstić information content (AvgIpc) is 2.73. The van der Waals surface area contributed by atoms with Crippen molar-refractivity contribution in [3.63, 3.8) is 0 Å². The first-order valence-electron chi connectivity index (χ1n) is 8.87. The minimum absolute atomic E-state index is 0.0240. The molecule has 1 aliphatic heterocycles. The molecule has 3 aromatic rings. The van der Waals surface area contributed by atoms with E-state index in [9.17, 15) is 4.79 Å². The van der Waals surface area contributed by atoms with E-state index in [4.69, 9.17) is 4.74 Å². The second-order valence-electron chi connectivity index (χ2n) is 6.50. The zero-order valence-corrected chi connectivity index (χ0v) is 14.8. The van der Waals surface area contributed by atoms with E-state index >= 15 is 0 Å². The standard InChI is InChI=1S/C23H21NO2/c1-26-22-16-20-10-6-5-9-19(20)15-21(22)23(25)24-13-11-18(12-14-24)17-7-3-2-4-8-17/h2-11,15-16H,12-14H2,1H3. The maximum atomic E-state index is 13.1. The van der Waals surface area contributed by atoms with Gasteiger partial charge in [0.15, 0.2) is 0 Å². The second kappa shape index (κ2) is 7.04. The Hall–Kier alpha value is -3.07. The molecule has 130 valence electrons. The van der Waals surface area contributed by atoms with Gasteiger partial charge >= 0.3 is 0 Å². The van der Waals surface area contributed by atoms with E-state index < -0.39 is 0 Å². The Balaban J connectivity index is 1.61. The maximum absolute atomic E-state index is 13.1. The van der Waals surface area contributed by atoms with E-state index in [-0.39, 0.29) is 5.91 Å². The summed E-state index contributed by atoms with van der Waals surface area (Å²) in [4.78, 5) is 15.0. The number of fused-ring (bicyclic) bond motifs is 1. The lowest BCUT2D eigenvalue weighted by Crippen LogP contribution is -2.34. The molecular formula is C23H21NO2. The van der Waals surface area contributed by atoms with Gasteiger partial charge < -0.3 is 9.64 Å². The summed E-state index contributed by atoms with van der Waals surface area (Å²) in [5, 5.41) is 2.12. The van der Waals surface area contributed by atoms with Crippen molar-refractivity contribution in [1.82, 2.24) is 4.90 Å². The van der Waals surface area contributed by atoms with Gasteiger partial charge in [0.1, 0.15) is 5.75 Å². The Bertz CT molecular complexity index is 976. The van der Waals surface area contributed by atoms with Crippen LogP contribution in [0.3, 0.4) is 0 Å². The Morgan fingerprint density at radius 2 is 1.65 bits per heavy atom. The Labute approximate surface area is 153 Å². The molecule has 4 rings (SSSR count). The molecule has 0 saturated heterocycles. The lowest BCUT2D eigenvalue weighted by molar-refractivity contribution is 0.0769. The van der Waals surface area contributed by atoms with Crippen molar-refractivity contribution in [2.75, 3.05) is 20.2 Å². The molecule has 1 amide bonds. The van der Waals surface area contributed by atoms with Gasteiger partial charge in [-0.25, -0.2) is 0 Å². The highest BCUT2D eigenvalue weighted by Gasteiger charge is 2.22. The fourth-order valence-corrected chi connectivity index (χ4v) is 3.49. The van der Waals surface area contributed by atoms with Crippen LogP contribution in [-0.4, -0.2) is 31.0 Å². The van der Waals surface area contributed by atoms with Crippen molar-refractivity contribution in [1.29, 1.82) is 0 Å². The number of benzene rings is 3. The number of rotatable bonds is 3. The third-order valence-corrected chi connectivity index (χ3v) is 4.94. The molecule has 3 aromatic carbocycles. The molecule has 0 bridgehead atoms. The first kappa shape index (κ1) is 16.4. The zero-order valence-electron chi connectivity index (χ0n) is 14.8. The van der Waals surface area contributed by atoms with Gasteiger partial charge in [-0.15, -0.1) is 0 Å². The highest BCUT2D eigenvalue weighted by molar-refractivity contribution is 6.02. The highest BCUT2D eigenvalue weighted by Crippen LogP contribution is 2.29. The number of hydrogen-bond acceptors (Lipinski definition) is 2. The summed E-state index contributed by atoms with van der Waals surface area (Å²) in [6, 6.07) is 22.3. The SMILES string of the molecule is COc1cc2ccccc2cc1C(=O)N1CC=C(c2ccccc2)CC1. The molecule has 0 aliphatic carbocycles. The monoisotopic (exact) mass is 343 g/mol. The van der Waals surface area contributed by atoms with Gasteiger partial charge in [0, 0.05) is 13.1 Å². The third kappa shape index (κ3) is 3.08. The molecule has 0 saturated carbocycles. The minimum atomic E-state index is 0.0240. The number of carbonyl (C=O) groups excluding carboxylic acids is 1. The molecule has 26 heavy (non-hydrogen) atoms. The Kier molecular flexibility index (Phi) is 4.44. The largest absolute Gasteiger partial charge is 0.496 e. The van der Waals surface area contributed by atoms with E-state index in [1.54, 1.807) is 7.11 Å². The molecule has 3 nitrogen and oxygen atoms in total. The highest BCUT2D eigenvalue weighted by atomic mass is 16.5. The fraction of sp³-hybridized carbons (Fsp3) is 0.174. The van der Waals surface area contributed by atoms with Crippen LogP contribution in [0.25, 0.3) is 16.3 Å². The molecule has 0 atom stereocenters. The topological polar surface area (TPSA) is 29.5 Å². The minimum Gasteiger partial charge on any atom is -0.496 e. The Morgan fingerprint density at radius 3 is 2.31 bits per heavy atom. The normalized spacial score (nSPS) is 14.2. The number of nitrogens with zero attached hydrogens (tertiary/aromatic N) is 1. The molecule has 0 spiro atoms. The van der Waals surface area contributed by atoms with Crippen molar-refractivity contribution in [3.05, 3.63) is 83.9 Å². The van der Waals surface area contributed by atoms with E-state index in [1.165, 1.54) is 11.1 Å². The van der Waals surface area contributed by atoms with Crippen LogP contribution >= 0.6 is 0 Å². The smallest absolute Gasteiger partial charge is 0.257 e. The van der Waals surface area contributed by atoms with Gasteiger partial charge in [0.2, 0.25) is 0 Å². The van der Waals surface area contributed by atoms with Crippen LogP contribution in [-0.2, 0) is 0 Å². The van der Waals surface area contributed by atoms with Gasteiger partial charge in [-0.1, -0.05) is 60.7 Å². The van der Waals surface area contributed by atoms with Crippen LogP contribution in [0.2, 0.25) is 0 Å².